The van der Waals surface area contributed by atoms with Crippen LogP contribution in [0.2, 0.25) is 0 Å². The van der Waals surface area contributed by atoms with Gasteiger partial charge in [-0.15, -0.1) is 10.2 Å². The fourth-order valence-electron chi connectivity index (χ4n) is 1.39. The Balaban J connectivity index is 1.86. The fourth-order valence-corrected chi connectivity index (χ4v) is 3.97. The van der Waals surface area contributed by atoms with E-state index in [1.807, 2.05) is 19.2 Å². The summed E-state index contributed by atoms with van der Waals surface area (Å²) in [5.74, 6) is 0.832. The van der Waals surface area contributed by atoms with Crippen molar-refractivity contribution in [3.63, 3.8) is 0 Å². The summed E-state index contributed by atoms with van der Waals surface area (Å²) in [4.78, 5) is 11.6. The van der Waals surface area contributed by atoms with Gasteiger partial charge in [-0.1, -0.05) is 34.4 Å². The molecule has 0 spiro atoms. The number of nitrogens with one attached hydrogen (secondary N) is 1. The normalized spacial score (nSPS) is 10.8. The molecule has 98 valence electrons. The second kappa shape index (κ2) is 6.35. The molecule has 8 heteroatoms. The van der Waals surface area contributed by atoms with Gasteiger partial charge in [0.15, 0.2) is 4.34 Å². The highest BCUT2D eigenvalue weighted by Gasteiger charge is 2.06. The van der Waals surface area contributed by atoms with Gasteiger partial charge in [-0.25, -0.2) is 0 Å². The Bertz CT molecular complexity index is 559. The molecule has 18 heavy (non-hydrogen) atoms. The average molecular weight is 302 g/mol. The molecule has 0 aliphatic rings. The van der Waals surface area contributed by atoms with Gasteiger partial charge in [0.05, 0.1) is 0 Å². The van der Waals surface area contributed by atoms with Crippen LogP contribution in [-0.4, -0.2) is 27.1 Å². The number of hydrogen-bond donors (Lipinski definition) is 1. The molecule has 0 radical (unpaired) electrons. The summed E-state index contributed by atoms with van der Waals surface area (Å²) < 4.78 is 2.73. The van der Waals surface area contributed by atoms with Crippen molar-refractivity contribution in [2.45, 2.75) is 24.7 Å². The first-order chi connectivity index (χ1) is 8.70. The van der Waals surface area contributed by atoms with Crippen LogP contribution < -0.4 is 10.2 Å². The number of anilines is 1. The molecule has 2 heterocycles. The molecule has 0 saturated heterocycles. The van der Waals surface area contributed by atoms with Gasteiger partial charge in [0.2, 0.25) is 5.13 Å². The highest BCUT2D eigenvalue weighted by Crippen LogP contribution is 2.25. The number of aromatic nitrogens is 3. The first-order valence-corrected chi connectivity index (χ1v) is 8.24. The van der Waals surface area contributed by atoms with Crippen LogP contribution >= 0.6 is 34.4 Å². The molecular weight excluding hydrogens is 288 g/mol. The van der Waals surface area contributed by atoms with Crippen LogP contribution in [0.5, 0.6) is 0 Å². The van der Waals surface area contributed by atoms with E-state index in [1.54, 1.807) is 27.7 Å². The van der Waals surface area contributed by atoms with E-state index < -0.39 is 0 Å². The number of nitrogens with zero attached hydrogens (tertiary/aromatic N) is 3. The lowest BCUT2D eigenvalue weighted by molar-refractivity contribution is 0.730. The monoisotopic (exact) mass is 302 g/mol. The molecule has 0 atom stereocenters. The van der Waals surface area contributed by atoms with Gasteiger partial charge >= 0.3 is 4.87 Å². The van der Waals surface area contributed by atoms with E-state index in [1.165, 1.54) is 11.3 Å². The molecule has 0 aliphatic carbocycles. The third kappa shape index (κ3) is 3.33. The third-order valence-corrected chi connectivity index (χ3v) is 5.13. The Labute approximate surface area is 117 Å². The lowest BCUT2D eigenvalue weighted by atomic mass is 10.5. The topological polar surface area (TPSA) is 59.8 Å². The summed E-state index contributed by atoms with van der Waals surface area (Å²) in [5.41, 5.74) is 1.02. The molecule has 5 nitrogen and oxygen atoms in total. The molecule has 2 aromatic heterocycles. The second-order valence-corrected chi connectivity index (χ2v) is 6.69. The molecular formula is C10H14N4OS3. The van der Waals surface area contributed by atoms with E-state index in [2.05, 4.69) is 15.5 Å². The summed E-state index contributed by atoms with van der Waals surface area (Å²) >= 11 is 4.43. The van der Waals surface area contributed by atoms with Gasteiger partial charge in [0.25, 0.3) is 0 Å². The van der Waals surface area contributed by atoms with Gasteiger partial charge in [-0.05, 0) is 13.8 Å². The van der Waals surface area contributed by atoms with Crippen LogP contribution in [0.25, 0.3) is 0 Å². The van der Waals surface area contributed by atoms with E-state index in [4.69, 9.17) is 0 Å². The van der Waals surface area contributed by atoms with Gasteiger partial charge in [-0.3, -0.25) is 4.79 Å². The first kappa shape index (κ1) is 13.6. The van der Waals surface area contributed by atoms with E-state index in [-0.39, 0.29) is 4.87 Å². The van der Waals surface area contributed by atoms with Crippen molar-refractivity contribution in [1.82, 2.24) is 14.8 Å². The summed E-state index contributed by atoms with van der Waals surface area (Å²) in [6, 6.07) is 0. The van der Waals surface area contributed by atoms with Crippen molar-refractivity contribution in [1.29, 1.82) is 0 Å². The summed E-state index contributed by atoms with van der Waals surface area (Å²) in [6.07, 6.45) is 0. The maximum absolute atomic E-state index is 11.5. The van der Waals surface area contributed by atoms with Crippen molar-refractivity contribution in [2.75, 3.05) is 17.6 Å². The van der Waals surface area contributed by atoms with Crippen molar-refractivity contribution in [3.05, 3.63) is 20.7 Å². The molecule has 1 N–H and O–H groups in total. The van der Waals surface area contributed by atoms with Gasteiger partial charge in [-0.2, -0.15) is 0 Å². The molecule has 0 amide bonds. The van der Waals surface area contributed by atoms with E-state index in [0.29, 0.717) is 0 Å². The van der Waals surface area contributed by atoms with Crippen LogP contribution in [0.3, 0.4) is 0 Å². The highest BCUT2D eigenvalue weighted by molar-refractivity contribution is 8.01. The summed E-state index contributed by atoms with van der Waals surface area (Å²) in [5, 5.41) is 14.0. The zero-order valence-corrected chi connectivity index (χ0v) is 12.6. The van der Waals surface area contributed by atoms with E-state index >= 15 is 0 Å². The maximum atomic E-state index is 11.5. The Morgan fingerprint density at radius 2 is 2.33 bits per heavy atom. The molecule has 0 aromatic carbocycles. The zero-order valence-electron chi connectivity index (χ0n) is 10.2. The minimum absolute atomic E-state index is 0.110. The minimum Gasteiger partial charge on any atom is -0.360 e. The summed E-state index contributed by atoms with van der Waals surface area (Å²) in [6.45, 7) is 5.55. The number of rotatable bonds is 6. The maximum Gasteiger partial charge on any atom is 0.307 e. The highest BCUT2D eigenvalue weighted by atomic mass is 32.2. The average Bonchev–Trinajstić information content (AvgIpc) is 2.91. The molecule has 2 aromatic rings. The molecule has 0 saturated carbocycles. The molecule has 0 unspecified atom stereocenters. The lowest BCUT2D eigenvalue weighted by Crippen LogP contribution is -2.15. The van der Waals surface area contributed by atoms with Crippen LogP contribution in [0, 0.1) is 6.92 Å². The fraction of sp³-hybridized carbons (Fsp3) is 0.500. The molecule has 2 rings (SSSR count). The Morgan fingerprint density at radius 3 is 3.00 bits per heavy atom. The third-order valence-electron chi connectivity index (χ3n) is 2.25. The largest absolute Gasteiger partial charge is 0.360 e. The van der Waals surface area contributed by atoms with Gasteiger partial charge < -0.3 is 9.88 Å². The van der Waals surface area contributed by atoms with Gasteiger partial charge in [0.1, 0.15) is 0 Å². The van der Waals surface area contributed by atoms with Crippen molar-refractivity contribution in [3.8, 4) is 0 Å². The van der Waals surface area contributed by atoms with Gasteiger partial charge in [0, 0.05) is 29.9 Å². The zero-order chi connectivity index (χ0) is 13.0. The smallest absolute Gasteiger partial charge is 0.307 e. The first-order valence-electron chi connectivity index (χ1n) is 5.55. The van der Waals surface area contributed by atoms with Crippen LogP contribution in [0.15, 0.2) is 14.5 Å². The summed E-state index contributed by atoms with van der Waals surface area (Å²) in [7, 11) is 0. The van der Waals surface area contributed by atoms with Crippen LogP contribution in [-0.2, 0) is 6.54 Å². The minimum atomic E-state index is 0.110. The molecule has 0 aliphatic heterocycles. The van der Waals surface area contributed by atoms with Crippen LogP contribution in [0.1, 0.15) is 12.6 Å². The predicted molar refractivity (Wildman–Crippen MR) is 78.1 cm³/mol. The lowest BCUT2D eigenvalue weighted by Gasteiger charge is -2.01. The van der Waals surface area contributed by atoms with E-state index in [0.717, 1.165) is 34.0 Å². The quantitative estimate of drug-likeness (QED) is 0.830. The second-order valence-electron chi connectivity index (χ2n) is 3.55. The number of thioether (sulfide) groups is 1. The Hall–Kier alpha value is -0.860. The number of hydrogen-bond acceptors (Lipinski definition) is 7. The molecule has 0 bridgehead atoms. The van der Waals surface area contributed by atoms with E-state index in [9.17, 15) is 4.79 Å². The Kier molecular flexibility index (Phi) is 4.79. The SMILES string of the molecule is CCNc1nnc(SCCn2c(C)csc2=O)s1. The molecule has 0 fully saturated rings. The number of aryl methyl sites for hydroxylation is 1. The standard InChI is InChI=1S/C10H14N4OS3/c1-3-11-8-12-13-9(18-8)16-5-4-14-7(2)6-17-10(14)15/h6H,3-5H2,1-2H3,(H,11,12). The van der Waals surface area contributed by atoms with Crippen LogP contribution in [0.4, 0.5) is 5.13 Å². The van der Waals surface area contributed by atoms with Crippen molar-refractivity contribution >= 4 is 39.6 Å². The Morgan fingerprint density at radius 1 is 1.50 bits per heavy atom. The van der Waals surface area contributed by atoms with Crippen molar-refractivity contribution < 1.29 is 0 Å². The van der Waals surface area contributed by atoms with Crippen molar-refractivity contribution in [2.24, 2.45) is 0 Å². The number of thiazole rings is 1. The predicted octanol–water partition coefficient (Wildman–Crippen LogP) is 2.29.